The minimum atomic E-state index is -3.87. The third-order valence-electron chi connectivity index (χ3n) is 2.75. The molecule has 0 saturated carbocycles. The second kappa shape index (κ2) is 5.92. The van der Waals surface area contributed by atoms with E-state index in [4.69, 9.17) is 5.73 Å². The van der Waals surface area contributed by atoms with Crippen molar-refractivity contribution in [3.8, 4) is 0 Å². The van der Waals surface area contributed by atoms with E-state index >= 15 is 0 Å². The highest BCUT2D eigenvalue weighted by Gasteiger charge is 2.23. The lowest BCUT2D eigenvalue weighted by atomic mass is 10.2. The number of sulfone groups is 1. The number of carbonyl (C=O) groups excluding carboxylic acids is 1. The van der Waals surface area contributed by atoms with Crippen molar-refractivity contribution in [3.63, 3.8) is 0 Å². The monoisotopic (exact) mass is 305 g/mol. The lowest BCUT2D eigenvalue weighted by Crippen LogP contribution is -2.24. The van der Waals surface area contributed by atoms with Crippen LogP contribution in [0.25, 0.3) is 0 Å². The van der Waals surface area contributed by atoms with Gasteiger partial charge in [-0.05, 0) is 31.2 Å². The van der Waals surface area contributed by atoms with Crippen LogP contribution in [0.5, 0.6) is 0 Å². The second-order valence-corrected chi connectivity index (χ2v) is 6.48. The molecular formula is C14H15N3O3S. The number of amides is 1. The molecule has 0 bridgehead atoms. The molecule has 0 unspecified atom stereocenters. The van der Waals surface area contributed by atoms with Crippen LogP contribution < -0.4 is 11.1 Å². The Labute approximate surface area is 122 Å². The van der Waals surface area contributed by atoms with E-state index in [1.807, 2.05) is 19.1 Å². The van der Waals surface area contributed by atoms with Crippen LogP contribution >= 0.6 is 0 Å². The third-order valence-corrected chi connectivity index (χ3v) is 4.32. The number of nitrogen functional groups attached to an aromatic ring is 1. The zero-order valence-corrected chi connectivity index (χ0v) is 12.2. The molecule has 2 rings (SSSR count). The summed E-state index contributed by atoms with van der Waals surface area (Å²) >= 11 is 0. The minimum absolute atomic E-state index is 0.0284. The summed E-state index contributed by atoms with van der Waals surface area (Å²) in [6, 6.07) is 10.0. The molecule has 0 radical (unpaired) electrons. The molecule has 7 heteroatoms. The fourth-order valence-electron chi connectivity index (χ4n) is 1.74. The second-order valence-electron chi connectivity index (χ2n) is 4.57. The van der Waals surface area contributed by atoms with Crippen molar-refractivity contribution in [1.82, 2.24) is 4.98 Å². The number of pyridine rings is 1. The molecule has 0 fully saturated rings. The third kappa shape index (κ3) is 3.79. The van der Waals surface area contributed by atoms with Gasteiger partial charge in [-0.1, -0.05) is 17.7 Å². The summed E-state index contributed by atoms with van der Waals surface area (Å²) in [5.41, 5.74) is 7.19. The Bertz CT molecular complexity index is 755. The highest BCUT2D eigenvalue weighted by molar-refractivity contribution is 7.92. The van der Waals surface area contributed by atoms with Crippen LogP contribution in [0.2, 0.25) is 0 Å². The topological polar surface area (TPSA) is 102 Å². The van der Waals surface area contributed by atoms with Crippen LogP contribution in [0.3, 0.4) is 0 Å². The van der Waals surface area contributed by atoms with Gasteiger partial charge in [0.1, 0.15) is 5.75 Å². The molecule has 2 aromatic rings. The van der Waals surface area contributed by atoms with Crippen molar-refractivity contribution >= 4 is 27.1 Å². The Hall–Kier alpha value is -2.41. The molecule has 1 aromatic carbocycles. The lowest BCUT2D eigenvalue weighted by molar-refractivity contribution is -0.113. The van der Waals surface area contributed by atoms with E-state index in [1.165, 1.54) is 18.3 Å². The molecule has 21 heavy (non-hydrogen) atoms. The maximum atomic E-state index is 12.1. The van der Waals surface area contributed by atoms with Gasteiger partial charge >= 0.3 is 0 Å². The predicted molar refractivity (Wildman–Crippen MR) is 80.5 cm³/mol. The number of benzene rings is 1. The fraction of sp³-hybridized carbons (Fsp3) is 0.143. The van der Waals surface area contributed by atoms with Gasteiger partial charge in [0, 0.05) is 11.9 Å². The number of hydrogen-bond acceptors (Lipinski definition) is 5. The number of anilines is 2. The zero-order chi connectivity index (χ0) is 15.5. The van der Waals surface area contributed by atoms with Crippen LogP contribution in [0.1, 0.15) is 5.56 Å². The number of carbonyl (C=O) groups is 1. The van der Waals surface area contributed by atoms with Gasteiger partial charge in [-0.3, -0.25) is 4.79 Å². The van der Waals surface area contributed by atoms with Gasteiger partial charge in [0.05, 0.1) is 5.69 Å². The first-order chi connectivity index (χ1) is 9.88. The first-order valence-electron chi connectivity index (χ1n) is 6.18. The van der Waals surface area contributed by atoms with Gasteiger partial charge < -0.3 is 11.1 Å². The van der Waals surface area contributed by atoms with Gasteiger partial charge in [0.15, 0.2) is 5.03 Å². The first-order valence-corrected chi connectivity index (χ1v) is 7.83. The highest BCUT2D eigenvalue weighted by atomic mass is 32.2. The van der Waals surface area contributed by atoms with Crippen LogP contribution in [0.15, 0.2) is 47.6 Å². The molecular weight excluding hydrogens is 290 g/mol. The van der Waals surface area contributed by atoms with E-state index in [1.54, 1.807) is 12.1 Å². The summed E-state index contributed by atoms with van der Waals surface area (Å²) in [7, 11) is -3.87. The summed E-state index contributed by atoms with van der Waals surface area (Å²) < 4.78 is 24.2. The van der Waals surface area contributed by atoms with E-state index in [0.29, 0.717) is 5.69 Å². The summed E-state index contributed by atoms with van der Waals surface area (Å²) in [6.07, 6.45) is 1.32. The van der Waals surface area contributed by atoms with E-state index in [-0.39, 0.29) is 10.7 Å². The van der Waals surface area contributed by atoms with Crippen molar-refractivity contribution in [2.75, 3.05) is 16.8 Å². The molecule has 3 N–H and O–H groups in total. The number of nitrogens with one attached hydrogen (secondary N) is 1. The van der Waals surface area contributed by atoms with Gasteiger partial charge in [0.2, 0.25) is 15.7 Å². The number of nitrogens with two attached hydrogens (primary N) is 1. The Morgan fingerprint density at radius 2 is 1.90 bits per heavy atom. The first kappa shape index (κ1) is 15.0. The van der Waals surface area contributed by atoms with Crippen molar-refractivity contribution < 1.29 is 13.2 Å². The largest absolute Gasteiger partial charge is 0.396 e. The number of hydrogen-bond donors (Lipinski definition) is 2. The molecule has 0 aliphatic rings. The van der Waals surface area contributed by atoms with Crippen molar-refractivity contribution in [2.24, 2.45) is 0 Å². The van der Waals surface area contributed by atoms with E-state index in [0.717, 1.165) is 5.56 Å². The summed E-state index contributed by atoms with van der Waals surface area (Å²) in [6.45, 7) is 1.92. The minimum Gasteiger partial charge on any atom is -0.396 e. The molecule has 0 saturated heterocycles. The molecule has 0 aliphatic carbocycles. The zero-order valence-electron chi connectivity index (χ0n) is 11.4. The average molecular weight is 305 g/mol. The SMILES string of the molecule is Cc1ccc(NC(=O)CS(=O)(=O)c2ncccc2N)cc1. The maximum Gasteiger partial charge on any atom is 0.240 e. The smallest absolute Gasteiger partial charge is 0.240 e. The molecule has 1 amide bonds. The van der Waals surface area contributed by atoms with Crippen LogP contribution in [-0.2, 0) is 14.6 Å². The maximum absolute atomic E-state index is 12.1. The quantitative estimate of drug-likeness (QED) is 0.888. The van der Waals surface area contributed by atoms with Crippen molar-refractivity contribution in [2.45, 2.75) is 11.9 Å². The Balaban J connectivity index is 2.12. The van der Waals surface area contributed by atoms with Crippen LogP contribution in [-0.4, -0.2) is 25.1 Å². The Morgan fingerprint density at radius 3 is 2.52 bits per heavy atom. The number of nitrogens with zero attached hydrogens (tertiary/aromatic N) is 1. The average Bonchev–Trinajstić information content (AvgIpc) is 2.41. The number of aromatic nitrogens is 1. The predicted octanol–water partition coefficient (Wildman–Crippen LogP) is 1.38. The van der Waals surface area contributed by atoms with Crippen molar-refractivity contribution in [3.05, 3.63) is 48.2 Å². The standard InChI is InChI=1S/C14H15N3O3S/c1-10-4-6-11(7-5-10)17-13(18)9-21(19,20)14-12(15)3-2-8-16-14/h2-8H,9,15H2,1H3,(H,17,18). The molecule has 110 valence electrons. The normalized spacial score (nSPS) is 11.1. The van der Waals surface area contributed by atoms with Gasteiger partial charge in [-0.15, -0.1) is 0 Å². The molecule has 0 spiro atoms. The summed E-state index contributed by atoms with van der Waals surface area (Å²) in [4.78, 5) is 15.6. The lowest BCUT2D eigenvalue weighted by Gasteiger charge is -2.07. The number of aryl methyl sites for hydroxylation is 1. The fourth-order valence-corrected chi connectivity index (χ4v) is 2.94. The molecule has 0 aliphatic heterocycles. The van der Waals surface area contributed by atoms with E-state index in [9.17, 15) is 13.2 Å². The molecule has 0 atom stereocenters. The number of rotatable bonds is 4. The van der Waals surface area contributed by atoms with E-state index < -0.39 is 21.5 Å². The van der Waals surface area contributed by atoms with Gasteiger partial charge in [-0.2, -0.15) is 0 Å². The van der Waals surface area contributed by atoms with Crippen molar-refractivity contribution in [1.29, 1.82) is 0 Å². The molecule has 6 nitrogen and oxygen atoms in total. The van der Waals surface area contributed by atoms with Crippen LogP contribution in [0, 0.1) is 6.92 Å². The summed E-state index contributed by atoms with van der Waals surface area (Å²) in [5, 5.41) is 2.25. The molecule has 1 aromatic heterocycles. The van der Waals surface area contributed by atoms with Gasteiger partial charge in [-0.25, -0.2) is 13.4 Å². The highest BCUT2D eigenvalue weighted by Crippen LogP contribution is 2.16. The Morgan fingerprint density at radius 1 is 1.24 bits per heavy atom. The van der Waals surface area contributed by atoms with Gasteiger partial charge in [0.25, 0.3) is 0 Å². The summed E-state index contributed by atoms with van der Waals surface area (Å²) in [5.74, 6) is -1.34. The van der Waals surface area contributed by atoms with Crippen LogP contribution in [0.4, 0.5) is 11.4 Å². The van der Waals surface area contributed by atoms with E-state index in [2.05, 4.69) is 10.3 Å². The molecule has 1 heterocycles. The Kier molecular flexibility index (Phi) is 4.23.